The van der Waals surface area contributed by atoms with Crippen LogP contribution in [0.25, 0.3) is 10.8 Å². The summed E-state index contributed by atoms with van der Waals surface area (Å²) in [7, 11) is 0. The molecule has 2 aromatic carbocycles. The van der Waals surface area contributed by atoms with Crippen LogP contribution in [0.15, 0.2) is 61.2 Å². The molecule has 0 aliphatic heterocycles. The fourth-order valence-electron chi connectivity index (χ4n) is 2.30. The van der Waals surface area contributed by atoms with Crippen molar-refractivity contribution in [2.75, 3.05) is 6.54 Å². The molecule has 0 radical (unpaired) electrons. The maximum absolute atomic E-state index is 12.3. The molecule has 1 heterocycles. The Labute approximate surface area is 122 Å². The number of aromatic nitrogens is 2. The van der Waals surface area contributed by atoms with Gasteiger partial charge in [0, 0.05) is 24.5 Å². The molecule has 4 nitrogen and oxygen atoms in total. The molecule has 0 aliphatic carbocycles. The lowest BCUT2D eigenvalue weighted by Crippen LogP contribution is -2.25. The van der Waals surface area contributed by atoms with Gasteiger partial charge in [0.2, 0.25) is 0 Å². The van der Waals surface area contributed by atoms with Crippen molar-refractivity contribution in [3.63, 3.8) is 0 Å². The molecule has 3 rings (SSSR count). The quantitative estimate of drug-likeness (QED) is 0.797. The lowest BCUT2D eigenvalue weighted by Gasteiger charge is -2.08. The van der Waals surface area contributed by atoms with Gasteiger partial charge in [-0.15, -0.1) is 0 Å². The first-order valence-electron chi connectivity index (χ1n) is 6.84. The van der Waals surface area contributed by atoms with Crippen molar-refractivity contribution in [2.24, 2.45) is 0 Å². The van der Waals surface area contributed by atoms with Crippen LogP contribution in [0.4, 0.5) is 0 Å². The summed E-state index contributed by atoms with van der Waals surface area (Å²) in [5.74, 6) is -0.0522. The van der Waals surface area contributed by atoms with E-state index in [1.807, 2.05) is 42.5 Å². The minimum atomic E-state index is -0.0522. The van der Waals surface area contributed by atoms with E-state index in [-0.39, 0.29) is 5.91 Å². The van der Waals surface area contributed by atoms with Gasteiger partial charge < -0.3 is 5.32 Å². The predicted molar refractivity (Wildman–Crippen MR) is 82.0 cm³/mol. The summed E-state index contributed by atoms with van der Waals surface area (Å²) in [6.45, 7) is 0.565. The third-order valence-corrected chi connectivity index (χ3v) is 3.35. The molecule has 0 saturated carbocycles. The zero-order valence-electron chi connectivity index (χ0n) is 11.5. The van der Waals surface area contributed by atoms with Crippen molar-refractivity contribution in [1.29, 1.82) is 0 Å². The van der Waals surface area contributed by atoms with E-state index in [1.165, 1.54) is 6.33 Å². The summed E-state index contributed by atoms with van der Waals surface area (Å²) in [6, 6.07) is 13.7. The van der Waals surface area contributed by atoms with Gasteiger partial charge in [0.25, 0.3) is 5.91 Å². The Kier molecular flexibility index (Phi) is 3.87. The van der Waals surface area contributed by atoms with Gasteiger partial charge in [-0.05, 0) is 28.8 Å². The van der Waals surface area contributed by atoms with Gasteiger partial charge in [-0.25, -0.2) is 9.97 Å². The van der Waals surface area contributed by atoms with Gasteiger partial charge in [-0.2, -0.15) is 0 Å². The number of rotatable bonds is 4. The lowest BCUT2D eigenvalue weighted by atomic mass is 10.0. The molecule has 1 N–H and O–H groups in total. The topological polar surface area (TPSA) is 54.9 Å². The zero-order valence-corrected chi connectivity index (χ0v) is 11.5. The number of benzene rings is 2. The molecule has 0 fully saturated rings. The highest BCUT2D eigenvalue weighted by atomic mass is 16.1. The molecule has 3 aromatic rings. The monoisotopic (exact) mass is 277 g/mol. The number of nitrogens with zero attached hydrogens (tertiary/aromatic N) is 2. The van der Waals surface area contributed by atoms with Crippen LogP contribution < -0.4 is 5.32 Å². The first-order valence-corrected chi connectivity index (χ1v) is 6.84. The first-order chi connectivity index (χ1) is 10.3. The molecule has 0 saturated heterocycles. The summed E-state index contributed by atoms with van der Waals surface area (Å²) < 4.78 is 0. The Morgan fingerprint density at radius 1 is 1.00 bits per heavy atom. The van der Waals surface area contributed by atoms with Crippen LogP contribution in [0.3, 0.4) is 0 Å². The maximum Gasteiger partial charge on any atom is 0.251 e. The predicted octanol–water partition coefficient (Wildman–Crippen LogP) is 2.60. The number of carbonyl (C=O) groups excluding carboxylic acids is 1. The molecule has 0 spiro atoms. The Bertz CT molecular complexity index is 751. The van der Waals surface area contributed by atoms with Crippen LogP contribution in [0.2, 0.25) is 0 Å². The van der Waals surface area contributed by atoms with E-state index in [2.05, 4.69) is 15.3 Å². The van der Waals surface area contributed by atoms with E-state index < -0.39 is 0 Å². The van der Waals surface area contributed by atoms with Crippen molar-refractivity contribution in [2.45, 2.75) is 6.42 Å². The number of nitrogens with one attached hydrogen (secondary N) is 1. The fraction of sp³-hybridized carbons (Fsp3) is 0.118. The van der Waals surface area contributed by atoms with Crippen LogP contribution in [0, 0.1) is 0 Å². The molecular formula is C17H15N3O. The van der Waals surface area contributed by atoms with Crippen LogP contribution in [-0.2, 0) is 6.42 Å². The van der Waals surface area contributed by atoms with E-state index in [4.69, 9.17) is 0 Å². The number of carbonyl (C=O) groups is 1. The van der Waals surface area contributed by atoms with E-state index in [0.29, 0.717) is 12.1 Å². The summed E-state index contributed by atoms with van der Waals surface area (Å²) >= 11 is 0. The van der Waals surface area contributed by atoms with Crippen molar-refractivity contribution >= 4 is 16.7 Å². The van der Waals surface area contributed by atoms with Gasteiger partial charge >= 0.3 is 0 Å². The highest BCUT2D eigenvalue weighted by Crippen LogP contribution is 2.18. The highest BCUT2D eigenvalue weighted by molar-refractivity contribution is 6.06. The second-order valence-corrected chi connectivity index (χ2v) is 4.78. The summed E-state index contributed by atoms with van der Waals surface area (Å²) in [5.41, 5.74) is 1.72. The zero-order chi connectivity index (χ0) is 14.5. The van der Waals surface area contributed by atoms with Crippen LogP contribution in [0.5, 0.6) is 0 Å². The van der Waals surface area contributed by atoms with Crippen molar-refractivity contribution in [3.05, 3.63) is 72.3 Å². The van der Waals surface area contributed by atoms with E-state index in [9.17, 15) is 4.79 Å². The van der Waals surface area contributed by atoms with E-state index >= 15 is 0 Å². The van der Waals surface area contributed by atoms with Crippen LogP contribution in [0.1, 0.15) is 15.9 Å². The van der Waals surface area contributed by atoms with Gasteiger partial charge in [0.05, 0.1) is 0 Å². The van der Waals surface area contributed by atoms with Gasteiger partial charge in [-0.3, -0.25) is 4.79 Å². The number of amides is 1. The minimum Gasteiger partial charge on any atom is -0.352 e. The Morgan fingerprint density at radius 2 is 1.76 bits per heavy atom. The number of hydrogen-bond acceptors (Lipinski definition) is 3. The molecule has 0 aliphatic rings. The van der Waals surface area contributed by atoms with Crippen LogP contribution >= 0.6 is 0 Å². The molecule has 0 bridgehead atoms. The first kappa shape index (κ1) is 13.2. The summed E-state index contributed by atoms with van der Waals surface area (Å²) in [6.07, 6.45) is 5.74. The smallest absolute Gasteiger partial charge is 0.251 e. The van der Waals surface area contributed by atoms with Gasteiger partial charge in [0.1, 0.15) is 6.33 Å². The molecule has 1 aromatic heterocycles. The minimum absolute atomic E-state index is 0.0522. The van der Waals surface area contributed by atoms with Crippen molar-refractivity contribution in [3.8, 4) is 0 Å². The number of hydrogen-bond donors (Lipinski definition) is 1. The molecule has 4 heteroatoms. The maximum atomic E-state index is 12.3. The normalized spacial score (nSPS) is 10.5. The average Bonchev–Trinajstić information content (AvgIpc) is 2.55. The highest BCUT2D eigenvalue weighted by Gasteiger charge is 2.08. The standard InChI is InChI=1S/C17H15N3O/c21-17(20-9-8-13-10-18-12-19-11-13)16-7-3-5-14-4-1-2-6-15(14)16/h1-7,10-12H,8-9H2,(H,20,21). The summed E-state index contributed by atoms with van der Waals surface area (Å²) in [4.78, 5) is 20.2. The third kappa shape index (κ3) is 3.05. The van der Waals surface area contributed by atoms with E-state index in [0.717, 1.165) is 22.8 Å². The second-order valence-electron chi connectivity index (χ2n) is 4.78. The largest absolute Gasteiger partial charge is 0.352 e. The molecule has 21 heavy (non-hydrogen) atoms. The average molecular weight is 277 g/mol. The molecule has 0 unspecified atom stereocenters. The Balaban J connectivity index is 1.70. The molecule has 1 amide bonds. The van der Waals surface area contributed by atoms with Gasteiger partial charge in [0.15, 0.2) is 0 Å². The second kappa shape index (κ2) is 6.13. The summed E-state index contributed by atoms with van der Waals surface area (Å²) in [5, 5.41) is 4.99. The molecule has 0 atom stereocenters. The Morgan fingerprint density at radius 3 is 2.62 bits per heavy atom. The third-order valence-electron chi connectivity index (χ3n) is 3.35. The molecule has 104 valence electrons. The lowest BCUT2D eigenvalue weighted by molar-refractivity contribution is 0.0956. The van der Waals surface area contributed by atoms with Crippen molar-refractivity contribution in [1.82, 2.24) is 15.3 Å². The van der Waals surface area contributed by atoms with Crippen LogP contribution in [-0.4, -0.2) is 22.4 Å². The fourth-order valence-corrected chi connectivity index (χ4v) is 2.30. The van der Waals surface area contributed by atoms with Crippen molar-refractivity contribution < 1.29 is 4.79 Å². The number of fused-ring (bicyclic) bond motifs is 1. The Hall–Kier alpha value is -2.75. The van der Waals surface area contributed by atoms with E-state index in [1.54, 1.807) is 12.4 Å². The molecular weight excluding hydrogens is 262 g/mol. The van der Waals surface area contributed by atoms with Gasteiger partial charge in [-0.1, -0.05) is 36.4 Å². The SMILES string of the molecule is O=C(NCCc1cncnc1)c1cccc2ccccc12.